The molecule has 0 aliphatic carbocycles. The standard InChI is InChI=1S/C31H36F6N4O2.C31H35F6N4O/c1-20-9-7-8-10-24(20)25-18-27(40-11-13-41(6,43)14-12-40)38(4)19-26(25)39(5)28(42)29(2,3)21-15-22(30(32,33)34)17-23(16-21)31(35,36)37;1-20-9-7-8-10-24(20)25-18-27(41-13-11-38(4)12-14-41)39(5)19-26(25)40(6)28(42)29(2,3)21-15-22(30(32,33)34)17-23(16-21)31(35,36)37/h7-10,15-19,43H,11-14H2,1-6H3;7-10,15-19H,11-14H2,1-6H3/q+2;+1. The lowest BCUT2D eigenvalue weighted by atomic mass is 9.81. The van der Waals surface area contributed by atoms with E-state index in [0.717, 1.165) is 65.6 Å². The van der Waals surface area contributed by atoms with Gasteiger partial charge in [0.25, 0.3) is 11.6 Å². The molecule has 1 N–H and O–H groups in total. The Morgan fingerprint density at radius 3 is 1.08 bits per heavy atom. The summed E-state index contributed by atoms with van der Waals surface area (Å²) in [5.41, 5.74) is -4.29. The zero-order valence-corrected chi connectivity index (χ0v) is 49.4. The lowest BCUT2D eigenvalue weighted by Crippen LogP contribution is -2.57. The van der Waals surface area contributed by atoms with Gasteiger partial charge in [0.1, 0.15) is 38.6 Å². The second kappa shape index (κ2) is 23.9. The molecule has 2 fully saturated rings. The van der Waals surface area contributed by atoms with Crippen LogP contribution in [0.15, 0.2) is 109 Å². The molecule has 2 aliphatic rings. The number of rotatable bonds is 10. The van der Waals surface area contributed by atoms with Crippen LogP contribution < -0.4 is 28.7 Å². The van der Waals surface area contributed by atoms with E-state index in [9.17, 15) is 67.5 Å². The number of quaternary nitrogens is 1. The maximum atomic E-state index is 14.0. The lowest BCUT2D eigenvalue weighted by Gasteiger charge is -2.34. The Balaban J connectivity index is 0.000000244. The van der Waals surface area contributed by atoms with Gasteiger partial charge in [-0.25, -0.2) is 19.2 Å². The third-order valence-corrected chi connectivity index (χ3v) is 16.2. The predicted octanol–water partition coefficient (Wildman–Crippen LogP) is 12.3. The number of piperazine rings is 2. The predicted molar refractivity (Wildman–Crippen MR) is 301 cm³/mol. The summed E-state index contributed by atoms with van der Waals surface area (Å²) < 4.78 is 167. The molecule has 2 aromatic heterocycles. The Kier molecular flexibility index (Phi) is 18.4. The molecule has 4 aromatic carbocycles. The van der Waals surface area contributed by atoms with Crippen molar-refractivity contribution in [2.75, 3.05) is 100 Å². The molecule has 2 saturated heterocycles. The maximum Gasteiger partial charge on any atom is 0.416 e. The van der Waals surface area contributed by atoms with Crippen molar-refractivity contribution in [2.45, 2.75) is 77.1 Å². The Bertz CT molecular complexity index is 3380. The van der Waals surface area contributed by atoms with E-state index in [0.29, 0.717) is 67.4 Å². The van der Waals surface area contributed by atoms with Gasteiger partial charge in [0.05, 0.1) is 78.7 Å². The molecule has 2 amide bonds. The molecule has 23 heteroatoms. The third kappa shape index (κ3) is 14.4. The summed E-state index contributed by atoms with van der Waals surface area (Å²) in [5.74, 6) is 0.415. The van der Waals surface area contributed by atoms with Crippen LogP contribution in [0.3, 0.4) is 0 Å². The van der Waals surface area contributed by atoms with Gasteiger partial charge in [-0.3, -0.25) is 19.4 Å². The second-order valence-corrected chi connectivity index (χ2v) is 23.3. The van der Waals surface area contributed by atoms with Gasteiger partial charge in [-0.2, -0.15) is 57.3 Å². The number of hydrogen-bond donors (Lipinski definition) is 1. The number of pyridine rings is 2. The molecule has 2 aliphatic heterocycles. The van der Waals surface area contributed by atoms with Crippen molar-refractivity contribution in [3.63, 3.8) is 0 Å². The highest BCUT2D eigenvalue weighted by molar-refractivity contribution is 6.04. The zero-order valence-electron chi connectivity index (χ0n) is 49.4. The highest BCUT2D eigenvalue weighted by atomic mass is 19.4. The molecule has 0 saturated carbocycles. The first kappa shape index (κ1) is 65.3. The number of carbonyl (C=O) groups is 2. The second-order valence-electron chi connectivity index (χ2n) is 23.3. The van der Waals surface area contributed by atoms with Crippen LogP contribution in [0, 0.1) is 13.8 Å². The van der Waals surface area contributed by atoms with E-state index in [4.69, 9.17) is 0 Å². The van der Waals surface area contributed by atoms with Crippen molar-refractivity contribution in [2.24, 2.45) is 14.1 Å². The molecular weight excluding hydrogens is 1130 g/mol. The van der Waals surface area contributed by atoms with E-state index in [-0.39, 0.29) is 22.3 Å². The molecule has 458 valence electrons. The van der Waals surface area contributed by atoms with E-state index in [1.165, 1.54) is 51.6 Å². The molecule has 6 aromatic rings. The quantitative estimate of drug-likeness (QED) is 0.0837. The summed E-state index contributed by atoms with van der Waals surface area (Å²) in [4.78, 5) is 37.3. The molecular formula is C62H71F12N8O3+3. The first-order valence-electron chi connectivity index (χ1n) is 27.2. The minimum absolute atomic E-state index is 0.0572. The topological polar surface area (TPSA) is 78.3 Å². The van der Waals surface area contributed by atoms with Crippen LogP contribution in [0.4, 0.5) is 75.7 Å². The van der Waals surface area contributed by atoms with Crippen LogP contribution in [0.1, 0.15) is 72.2 Å². The number of carbonyl (C=O) groups excluding carboxylic acids is 2. The third-order valence-electron chi connectivity index (χ3n) is 16.2. The number of aryl methyl sites for hydroxylation is 4. The highest BCUT2D eigenvalue weighted by Crippen LogP contribution is 2.44. The highest BCUT2D eigenvalue weighted by Gasteiger charge is 2.44. The zero-order chi connectivity index (χ0) is 63.3. The summed E-state index contributed by atoms with van der Waals surface area (Å²) in [6.45, 7) is 14.7. The van der Waals surface area contributed by atoms with Crippen molar-refractivity contribution >= 4 is 34.8 Å². The number of nitrogens with zero attached hydrogens (tertiary/aromatic N) is 8. The average molecular weight is 1200 g/mol. The van der Waals surface area contributed by atoms with Gasteiger partial charge in [-0.1, -0.05) is 48.5 Å². The van der Waals surface area contributed by atoms with Gasteiger partial charge in [-0.15, -0.1) is 0 Å². The first-order chi connectivity index (χ1) is 39.1. The normalized spacial score (nSPS) is 15.5. The molecule has 0 radical (unpaired) electrons. The molecule has 0 spiro atoms. The average Bonchev–Trinajstić information content (AvgIpc) is 1.41. The number of benzene rings is 4. The van der Waals surface area contributed by atoms with Crippen LogP contribution >= 0.6 is 0 Å². The first-order valence-corrected chi connectivity index (χ1v) is 27.2. The van der Waals surface area contributed by atoms with Crippen LogP contribution in [0.2, 0.25) is 0 Å². The number of hydrogen-bond acceptors (Lipinski definition) is 6. The van der Waals surface area contributed by atoms with Crippen LogP contribution in [0.5, 0.6) is 0 Å². The fraction of sp³-hybridized carbons (Fsp3) is 0.419. The summed E-state index contributed by atoms with van der Waals surface area (Å²) in [6.07, 6.45) is -16.6. The van der Waals surface area contributed by atoms with Crippen molar-refractivity contribution < 1.29 is 81.3 Å². The lowest BCUT2D eigenvalue weighted by molar-refractivity contribution is -1.09. The van der Waals surface area contributed by atoms with Gasteiger partial charge >= 0.3 is 24.7 Å². The van der Waals surface area contributed by atoms with Crippen LogP contribution in [-0.4, -0.2) is 107 Å². The molecule has 85 heavy (non-hydrogen) atoms. The van der Waals surface area contributed by atoms with Crippen molar-refractivity contribution in [1.29, 1.82) is 0 Å². The smallest absolute Gasteiger partial charge is 0.311 e. The molecule has 0 atom stereocenters. The van der Waals surface area contributed by atoms with E-state index in [1.54, 1.807) is 26.5 Å². The Morgan fingerprint density at radius 2 is 0.776 bits per heavy atom. The van der Waals surface area contributed by atoms with E-state index < -0.39 is 75.2 Å². The molecule has 8 rings (SSSR count). The number of aromatic nitrogens is 2. The minimum atomic E-state index is -5.04. The molecule has 0 unspecified atom stereocenters. The van der Waals surface area contributed by atoms with Crippen molar-refractivity contribution in [3.05, 3.63) is 154 Å². The summed E-state index contributed by atoms with van der Waals surface area (Å²) in [7, 11) is 10.4. The van der Waals surface area contributed by atoms with Crippen molar-refractivity contribution in [1.82, 2.24) is 4.90 Å². The van der Waals surface area contributed by atoms with Gasteiger partial charge < -0.3 is 9.80 Å². The van der Waals surface area contributed by atoms with E-state index in [2.05, 4.69) is 21.7 Å². The number of halogens is 12. The SMILES string of the molecule is Cc1ccccc1-c1cc(N2CCN(C)CC2)[n+](C)cc1N(C)C(=O)C(C)(C)c1cc(C(F)(F)F)cc(C(F)(F)F)c1.Cc1ccccc1-c1cc(N2CC[N+](C)(O)CC2)[n+](C)cc1N(C)C(=O)C(C)(C)c1cc(C(F)(F)F)cc(C(F)(F)F)c1. The van der Waals surface area contributed by atoms with Gasteiger partial charge in [0.15, 0.2) is 0 Å². The summed E-state index contributed by atoms with van der Waals surface area (Å²) >= 11 is 0. The Labute approximate surface area is 487 Å². The number of anilines is 4. The number of amides is 2. The number of alkyl halides is 12. The maximum absolute atomic E-state index is 14.0. The largest absolute Gasteiger partial charge is 0.416 e. The summed E-state index contributed by atoms with van der Waals surface area (Å²) in [5, 5.41) is 10.4. The van der Waals surface area contributed by atoms with Crippen molar-refractivity contribution in [3.8, 4) is 22.3 Å². The fourth-order valence-electron chi connectivity index (χ4n) is 10.7. The fourth-order valence-corrected chi connectivity index (χ4v) is 10.7. The molecule has 4 heterocycles. The van der Waals surface area contributed by atoms with E-state index >= 15 is 0 Å². The molecule has 11 nitrogen and oxygen atoms in total. The number of likely N-dealkylation sites (N-methyl/N-ethyl adjacent to an activating group) is 4. The van der Waals surface area contributed by atoms with Crippen LogP contribution in [0.25, 0.3) is 22.3 Å². The van der Waals surface area contributed by atoms with Gasteiger partial charge in [-0.05, 0) is 118 Å². The monoisotopic (exact) mass is 1200 g/mol. The summed E-state index contributed by atoms with van der Waals surface area (Å²) in [6, 6.07) is 21.7. The van der Waals surface area contributed by atoms with Gasteiger partial charge in [0.2, 0.25) is 11.8 Å². The van der Waals surface area contributed by atoms with E-state index in [1.807, 2.05) is 90.7 Å². The van der Waals surface area contributed by atoms with Gasteiger partial charge in [0, 0.05) is 50.4 Å². The van der Waals surface area contributed by atoms with Crippen LogP contribution in [-0.2, 0) is 59.2 Å². The number of hydroxylamine groups is 3. The molecule has 0 bridgehead atoms. The Morgan fingerprint density at radius 1 is 0.482 bits per heavy atom. The Hall–Kier alpha value is -7.24. The minimum Gasteiger partial charge on any atom is -0.311 e.